The van der Waals surface area contributed by atoms with Crippen molar-refractivity contribution < 1.29 is 4.74 Å². The van der Waals surface area contributed by atoms with Crippen molar-refractivity contribution >= 4 is 0 Å². The molecule has 0 spiro atoms. The Morgan fingerprint density at radius 2 is 1.71 bits per heavy atom. The van der Waals surface area contributed by atoms with Crippen LogP contribution in [0, 0.1) is 11.8 Å². The van der Waals surface area contributed by atoms with Gasteiger partial charge in [-0.25, -0.2) is 0 Å². The quantitative estimate of drug-likeness (QED) is 0.588. The van der Waals surface area contributed by atoms with Gasteiger partial charge in [-0.05, 0) is 43.9 Å². The highest BCUT2D eigenvalue weighted by molar-refractivity contribution is 4.92. The highest BCUT2D eigenvalue weighted by Crippen LogP contribution is 2.41. The molecule has 0 radical (unpaired) electrons. The topological polar surface area (TPSA) is 12.5 Å². The molecule has 0 aromatic heterocycles. The zero-order valence-electron chi connectivity index (χ0n) is 8.95. The standard InChI is InChI=1S/C12H21NO/c1-3-10-5-2-7-13-9-14-8-6-11(4-1)12(10)13/h10-12H,1-9H2/t10-,11+,12+/m0/s1. The average molecular weight is 195 g/mol. The average Bonchev–Trinajstić information content (AvgIpc) is 2.44. The SMILES string of the molecule is C1C[C@H]2CCCN3COCC[C@@H](C1)[C@@H]23. The number of ether oxygens (including phenoxy) is 1. The summed E-state index contributed by atoms with van der Waals surface area (Å²) in [6, 6.07) is 0.889. The van der Waals surface area contributed by atoms with E-state index >= 15 is 0 Å². The Bertz CT molecular complexity index is 186. The third-order valence-corrected chi connectivity index (χ3v) is 4.45. The van der Waals surface area contributed by atoms with Gasteiger partial charge in [0.05, 0.1) is 6.73 Å². The van der Waals surface area contributed by atoms with Gasteiger partial charge in [0, 0.05) is 19.2 Å². The Balaban J connectivity index is 1.82. The van der Waals surface area contributed by atoms with Crippen molar-refractivity contribution in [3.63, 3.8) is 0 Å². The summed E-state index contributed by atoms with van der Waals surface area (Å²) in [7, 11) is 0. The molecule has 1 saturated carbocycles. The van der Waals surface area contributed by atoms with Gasteiger partial charge < -0.3 is 4.74 Å². The van der Waals surface area contributed by atoms with E-state index in [4.69, 9.17) is 4.74 Å². The minimum absolute atomic E-state index is 0.889. The van der Waals surface area contributed by atoms with Crippen LogP contribution in [-0.4, -0.2) is 30.8 Å². The minimum atomic E-state index is 0.889. The molecule has 0 N–H and O–H groups in total. The summed E-state index contributed by atoms with van der Waals surface area (Å²) in [4.78, 5) is 2.63. The molecule has 1 aliphatic carbocycles. The molecular formula is C12H21NO. The molecule has 0 aromatic carbocycles. The molecule has 3 aliphatic rings. The first kappa shape index (κ1) is 9.17. The molecule has 14 heavy (non-hydrogen) atoms. The van der Waals surface area contributed by atoms with Crippen molar-refractivity contribution in [3.8, 4) is 0 Å². The van der Waals surface area contributed by atoms with Crippen LogP contribution in [0.15, 0.2) is 0 Å². The lowest BCUT2D eigenvalue weighted by molar-refractivity contribution is -0.0253. The first-order valence-electron chi connectivity index (χ1n) is 6.27. The molecular weight excluding hydrogens is 174 g/mol. The van der Waals surface area contributed by atoms with Crippen molar-refractivity contribution in [2.45, 2.75) is 44.6 Å². The van der Waals surface area contributed by atoms with Crippen molar-refractivity contribution in [2.24, 2.45) is 11.8 Å². The van der Waals surface area contributed by atoms with E-state index in [0.29, 0.717) is 0 Å². The summed E-state index contributed by atoms with van der Waals surface area (Å²) in [5.74, 6) is 1.96. The van der Waals surface area contributed by atoms with Crippen LogP contribution in [-0.2, 0) is 4.74 Å². The molecule has 2 aliphatic heterocycles. The number of hydrogen-bond acceptors (Lipinski definition) is 2. The fourth-order valence-corrected chi connectivity index (χ4v) is 3.87. The number of nitrogens with zero attached hydrogens (tertiary/aromatic N) is 1. The van der Waals surface area contributed by atoms with E-state index in [1.807, 2.05) is 0 Å². The summed E-state index contributed by atoms with van der Waals surface area (Å²) in [6.07, 6.45) is 8.62. The molecule has 3 fully saturated rings. The second kappa shape index (κ2) is 3.82. The maximum Gasteiger partial charge on any atom is 0.0992 e. The fraction of sp³-hybridized carbons (Fsp3) is 1.00. The molecule has 3 atom stereocenters. The van der Waals surface area contributed by atoms with Gasteiger partial charge in [-0.15, -0.1) is 0 Å². The van der Waals surface area contributed by atoms with Crippen molar-refractivity contribution in [2.75, 3.05) is 19.9 Å². The van der Waals surface area contributed by atoms with Gasteiger partial charge in [0.25, 0.3) is 0 Å². The Kier molecular flexibility index (Phi) is 2.50. The van der Waals surface area contributed by atoms with Gasteiger partial charge in [0.1, 0.15) is 0 Å². The monoisotopic (exact) mass is 195 g/mol. The second-order valence-corrected chi connectivity index (χ2v) is 5.22. The molecule has 2 heterocycles. The smallest absolute Gasteiger partial charge is 0.0992 e. The Hall–Kier alpha value is -0.0800. The van der Waals surface area contributed by atoms with Gasteiger partial charge >= 0.3 is 0 Å². The largest absolute Gasteiger partial charge is 0.366 e. The van der Waals surface area contributed by atoms with Crippen LogP contribution >= 0.6 is 0 Å². The number of hydrogen-bond donors (Lipinski definition) is 0. The van der Waals surface area contributed by atoms with E-state index in [1.165, 1.54) is 45.1 Å². The molecule has 3 rings (SSSR count). The van der Waals surface area contributed by atoms with E-state index in [2.05, 4.69) is 4.90 Å². The van der Waals surface area contributed by atoms with E-state index in [1.54, 1.807) is 0 Å². The summed E-state index contributed by atoms with van der Waals surface area (Å²) in [5.41, 5.74) is 0. The maximum atomic E-state index is 5.70. The second-order valence-electron chi connectivity index (χ2n) is 5.22. The Morgan fingerprint density at radius 1 is 0.929 bits per heavy atom. The van der Waals surface area contributed by atoms with Crippen LogP contribution in [0.4, 0.5) is 0 Å². The third-order valence-electron chi connectivity index (χ3n) is 4.45. The van der Waals surface area contributed by atoms with Crippen LogP contribution in [0.3, 0.4) is 0 Å². The zero-order valence-corrected chi connectivity index (χ0v) is 8.95. The van der Waals surface area contributed by atoms with Crippen LogP contribution < -0.4 is 0 Å². The van der Waals surface area contributed by atoms with Gasteiger partial charge in [-0.3, -0.25) is 4.90 Å². The predicted molar refractivity (Wildman–Crippen MR) is 56.0 cm³/mol. The highest BCUT2D eigenvalue weighted by Gasteiger charge is 2.40. The molecule has 2 saturated heterocycles. The molecule has 2 nitrogen and oxygen atoms in total. The van der Waals surface area contributed by atoms with Crippen LogP contribution in [0.25, 0.3) is 0 Å². The third kappa shape index (κ3) is 1.49. The van der Waals surface area contributed by atoms with Crippen LogP contribution in [0.1, 0.15) is 38.5 Å². The number of piperidine rings is 1. The Morgan fingerprint density at radius 3 is 2.64 bits per heavy atom. The van der Waals surface area contributed by atoms with Gasteiger partial charge in [-0.2, -0.15) is 0 Å². The molecule has 0 bridgehead atoms. The summed E-state index contributed by atoms with van der Waals surface area (Å²) >= 11 is 0. The summed E-state index contributed by atoms with van der Waals surface area (Å²) in [5, 5.41) is 0. The highest BCUT2D eigenvalue weighted by atomic mass is 16.5. The molecule has 2 heteroatoms. The lowest BCUT2D eigenvalue weighted by Crippen LogP contribution is -2.50. The van der Waals surface area contributed by atoms with Crippen molar-refractivity contribution in [1.82, 2.24) is 4.90 Å². The molecule has 0 unspecified atom stereocenters. The van der Waals surface area contributed by atoms with Crippen molar-refractivity contribution in [1.29, 1.82) is 0 Å². The molecule has 0 amide bonds. The molecule has 0 aromatic rings. The first-order chi connectivity index (χ1) is 6.95. The molecule has 80 valence electrons. The minimum Gasteiger partial charge on any atom is -0.366 e. The van der Waals surface area contributed by atoms with E-state index in [-0.39, 0.29) is 0 Å². The fourth-order valence-electron chi connectivity index (χ4n) is 3.87. The normalized spacial score (nSPS) is 44.1. The van der Waals surface area contributed by atoms with Crippen LogP contribution in [0.2, 0.25) is 0 Å². The maximum absolute atomic E-state index is 5.70. The first-order valence-corrected chi connectivity index (χ1v) is 6.27. The zero-order chi connectivity index (χ0) is 9.38. The van der Waals surface area contributed by atoms with E-state index in [0.717, 1.165) is 31.2 Å². The lowest BCUT2D eigenvalue weighted by Gasteiger charge is -2.46. The predicted octanol–water partition coefficient (Wildman–Crippen LogP) is 2.24. The van der Waals surface area contributed by atoms with Gasteiger partial charge in [0.15, 0.2) is 0 Å². The Labute approximate surface area is 86.6 Å². The van der Waals surface area contributed by atoms with Gasteiger partial charge in [-0.1, -0.05) is 6.42 Å². The summed E-state index contributed by atoms with van der Waals surface area (Å²) < 4.78 is 5.70. The van der Waals surface area contributed by atoms with E-state index < -0.39 is 0 Å². The van der Waals surface area contributed by atoms with E-state index in [9.17, 15) is 0 Å². The summed E-state index contributed by atoms with van der Waals surface area (Å²) in [6.45, 7) is 3.21. The van der Waals surface area contributed by atoms with Gasteiger partial charge in [0.2, 0.25) is 0 Å². The van der Waals surface area contributed by atoms with Crippen LogP contribution in [0.5, 0.6) is 0 Å². The number of rotatable bonds is 0. The van der Waals surface area contributed by atoms with Crippen molar-refractivity contribution in [3.05, 3.63) is 0 Å². The lowest BCUT2D eigenvalue weighted by atomic mass is 9.71.